The van der Waals surface area contributed by atoms with Gasteiger partial charge in [0.05, 0.1) is 4.90 Å². The van der Waals surface area contributed by atoms with Crippen molar-refractivity contribution in [2.75, 3.05) is 0 Å². The SMILES string of the molecule is NS(=O)(=S)c1ccccc1. The molecule has 0 fully saturated rings. The quantitative estimate of drug-likeness (QED) is 0.678. The Morgan fingerprint density at radius 3 is 2.10 bits per heavy atom. The second-order valence-corrected chi connectivity index (χ2v) is 4.91. The van der Waals surface area contributed by atoms with Gasteiger partial charge in [-0.1, -0.05) is 18.2 Å². The van der Waals surface area contributed by atoms with E-state index in [1.165, 1.54) is 0 Å². The van der Waals surface area contributed by atoms with Gasteiger partial charge >= 0.3 is 0 Å². The molecule has 4 heteroatoms. The second-order valence-electron chi connectivity index (χ2n) is 1.86. The van der Waals surface area contributed by atoms with E-state index < -0.39 is 8.68 Å². The van der Waals surface area contributed by atoms with Crippen molar-refractivity contribution >= 4 is 19.9 Å². The Morgan fingerprint density at radius 2 is 1.80 bits per heavy atom. The molecule has 0 aliphatic carbocycles. The molecule has 0 radical (unpaired) electrons. The van der Waals surface area contributed by atoms with Crippen LogP contribution in [0.15, 0.2) is 35.2 Å². The van der Waals surface area contributed by atoms with E-state index in [4.69, 9.17) is 5.14 Å². The van der Waals surface area contributed by atoms with Gasteiger partial charge in [-0.15, -0.1) is 0 Å². The summed E-state index contributed by atoms with van der Waals surface area (Å²) in [4.78, 5) is 0.519. The van der Waals surface area contributed by atoms with Crippen LogP contribution in [0.1, 0.15) is 0 Å². The van der Waals surface area contributed by atoms with E-state index >= 15 is 0 Å². The van der Waals surface area contributed by atoms with Crippen molar-refractivity contribution in [3.05, 3.63) is 30.3 Å². The average Bonchev–Trinajstić information content (AvgIpc) is 1.88. The van der Waals surface area contributed by atoms with Crippen LogP contribution in [0.4, 0.5) is 0 Å². The largest absolute Gasteiger partial charge is 0.247 e. The van der Waals surface area contributed by atoms with Crippen molar-refractivity contribution in [1.82, 2.24) is 0 Å². The molecule has 54 valence electrons. The molecule has 10 heavy (non-hydrogen) atoms. The molecule has 0 amide bonds. The lowest BCUT2D eigenvalue weighted by Gasteiger charge is -1.96. The first-order valence-electron chi connectivity index (χ1n) is 2.68. The highest BCUT2D eigenvalue weighted by atomic mass is 32.8. The molecule has 0 aliphatic heterocycles. The van der Waals surface area contributed by atoms with Crippen LogP contribution in [0.5, 0.6) is 0 Å². The summed E-state index contributed by atoms with van der Waals surface area (Å²) in [5.41, 5.74) is 0. The molecule has 0 saturated heterocycles. The summed E-state index contributed by atoms with van der Waals surface area (Å²) in [6, 6.07) is 8.66. The van der Waals surface area contributed by atoms with Gasteiger partial charge in [-0.25, -0.2) is 9.35 Å². The normalized spacial score (nSPS) is 16.1. The van der Waals surface area contributed by atoms with E-state index in [2.05, 4.69) is 11.2 Å². The number of hydrogen-bond acceptors (Lipinski definition) is 2. The summed E-state index contributed by atoms with van der Waals surface area (Å²) >= 11 is 4.56. The van der Waals surface area contributed by atoms with Crippen LogP contribution >= 0.6 is 0 Å². The van der Waals surface area contributed by atoms with Crippen LogP contribution in [0.2, 0.25) is 0 Å². The highest BCUT2D eigenvalue weighted by molar-refractivity contribution is 8.31. The molecular weight excluding hydrogens is 166 g/mol. The number of hydrogen-bond donors (Lipinski definition) is 1. The molecule has 0 spiro atoms. The molecule has 0 bridgehead atoms. The summed E-state index contributed by atoms with van der Waals surface area (Å²) in [6.07, 6.45) is 0. The first-order chi connectivity index (χ1) is 4.61. The minimum Gasteiger partial charge on any atom is -0.247 e. The van der Waals surface area contributed by atoms with Crippen LogP contribution in [0.25, 0.3) is 0 Å². The van der Waals surface area contributed by atoms with Crippen LogP contribution in [0, 0.1) is 0 Å². The zero-order chi connectivity index (χ0) is 7.61. The minimum atomic E-state index is -2.67. The van der Waals surface area contributed by atoms with E-state index in [9.17, 15) is 4.21 Å². The van der Waals surface area contributed by atoms with Gasteiger partial charge < -0.3 is 0 Å². The minimum absolute atomic E-state index is 0.519. The van der Waals surface area contributed by atoms with Crippen LogP contribution < -0.4 is 5.14 Å². The van der Waals surface area contributed by atoms with E-state index in [0.29, 0.717) is 4.90 Å². The summed E-state index contributed by atoms with van der Waals surface area (Å²) in [5.74, 6) is 0. The first-order valence-corrected chi connectivity index (χ1v) is 5.23. The van der Waals surface area contributed by atoms with Gasteiger partial charge in [0.1, 0.15) is 8.68 Å². The van der Waals surface area contributed by atoms with E-state index in [-0.39, 0.29) is 0 Å². The van der Waals surface area contributed by atoms with Gasteiger partial charge in [-0.2, -0.15) is 0 Å². The van der Waals surface area contributed by atoms with E-state index in [1.54, 1.807) is 24.3 Å². The van der Waals surface area contributed by atoms with Gasteiger partial charge in [0, 0.05) is 11.2 Å². The molecule has 0 heterocycles. The molecule has 1 rings (SSSR count). The Morgan fingerprint density at radius 1 is 1.30 bits per heavy atom. The fourth-order valence-electron chi connectivity index (χ4n) is 0.610. The highest BCUT2D eigenvalue weighted by Crippen LogP contribution is 2.03. The maximum Gasteiger partial charge on any atom is 0.116 e. The number of nitrogens with two attached hydrogens (primary N) is 1. The summed E-state index contributed by atoms with van der Waals surface area (Å²) < 4.78 is 11.0. The van der Waals surface area contributed by atoms with Gasteiger partial charge in [-0.05, 0) is 12.1 Å². The maximum absolute atomic E-state index is 11.0. The Bertz CT molecular complexity index is 304. The third-order valence-corrected chi connectivity index (χ3v) is 2.58. The van der Waals surface area contributed by atoms with Crippen molar-refractivity contribution < 1.29 is 4.21 Å². The molecule has 0 saturated carbocycles. The number of benzene rings is 1. The molecule has 1 aromatic rings. The molecule has 1 atom stereocenters. The Balaban J connectivity index is 3.22. The molecular formula is C6H7NOS2. The van der Waals surface area contributed by atoms with Gasteiger partial charge in [0.25, 0.3) is 0 Å². The third kappa shape index (κ3) is 1.76. The smallest absolute Gasteiger partial charge is 0.116 e. The maximum atomic E-state index is 11.0. The lowest BCUT2D eigenvalue weighted by atomic mass is 10.4. The lowest BCUT2D eigenvalue weighted by molar-refractivity contribution is 0.683. The van der Waals surface area contributed by atoms with Crippen molar-refractivity contribution in [3.63, 3.8) is 0 Å². The van der Waals surface area contributed by atoms with E-state index in [0.717, 1.165) is 0 Å². The zero-order valence-corrected chi connectivity index (χ0v) is 6.82. The van der Waals surface area contributed by atoms with Crippen LogP contribution in [-0.2, 0) is 19.9 Å². The average molecular weight is 173 g/mol. The van der Waals surface area contributed by atoms with Crippen molar-refractivity contribution in [2.24, 2.45) is 5.14 Å². The predicted octanol–water partition coefficient (Wildman–Crippen LogP) is 0.666. The van der Waals surface area contributed by atoms with Crippen LogP contribution in [0.3, 0.4) is 0 Å². The Labute approximate surface area is 64.9 Å². The first kappa shape index (κ1) is 7.65. The van der Waals surface area contributed by atoms with Gasteiger partial charge in [0.15, 0.2) is 0 Å². The Hall–Kier alpha value is -0.450. The summed E-state index contributed by atoms with van der Waals surface area (Å²) in [7, 11) is -2.67. The topological polar surface area (TPSA) is 43.1 Å². The fourth-order valence-corrected chi connectivity index (χ4v) is 1.48. The predicted molar refractivity (Wildman–Crippen MR) is 44.4 cm³/mol. The molecule has 2 nitrogen and oxygen atoms in total. The standard InChI is InChI=1S/C6H7NOS2/c7-10(8,9)6-4-2-1-3-5-6/h1-5H,(H2,7,8,9). The van der Waals surface area contributed by atoms with Crippen molar-refractivity contribution in [3.8, 4) is 0 Å². The van der Waals surface area contributed by atoms with Gasteiger partial charge in [-0.3, -0.25) is 0 Å². The Kier molecular flexibility index (Phi) is 2.03. The molecule has 2 N–H and O–H groups in total. The molecule has 0 aliphatic rings. The molecule has 1 aromatic carbocycles. The fraction of sp³-hybridized carbons (Fsp3) is 0. The number of rotatable bonds is 1. The summed E-state index contributed by atoms with van der Waals surface area (Å²) in [5, 5.41) is 5.20. The second kappa shape index (κ2) is 2.65. The summed E-state index contributed by atoms with van der Waals surface area (Å²) in [6.45, 7) is 0. The molecule has 1 unspecified atom stereocenters. The molecule has 0 aromatic heterocycles. The highest BCUT2D eigenvalue weighted by Gasteiger charge is 1.99. The van der Waals surface area contributed by atoms with E-state index in [1.807, 2.05) is 6.07 Å². The third-order valence-electron chi connectivity index (χ3n) is 1.07. The van der Waals surface area contributed by atoms with Crippen molar-refractivity contribution in [2.45, 2.75) is 4.90 Å². The zero-order valence-electron chi connectivity index (χ0n) is 5.19. The van der Waals surface area contributed by atoms with Crippen molar-refractivity contribution in [1.29, 1.82) is 0 Å². The lowest BCUT2D eigenvalue weighted by Crippen LogP contribution is -2.09. The van der Waals surface area contributed by atoms with Crippen LogP contribution in [-0.4, -0.2) is 4.21 Å². The van der Waals surface area contributed by atoms with Gasteiger partial charge in [0.2, 0.25) is 0 Å². The monoisotopic (exact) mass is 173 g/mol.